The number of pyridine rings is 6. The molecule has 0 atom stereocenters. The zero-order valence-corrected chi connectivity index (χ0v) is 46.8. The van der Waals surface area contributed by atoms with Crippen LogP contribution in [-0.4, -0.2) is 82.6 Å². The molecule has 19 aromatic rings. The summed E-state index contributed by atoms with van der Waals surface area (Å²) in [6, 6.07) is 68.4. The second-order valence-electron chi connectivity index (χ2n) is 21.9. The highest BCUT2D eigenvalue weighted by Gasteiger charge is 2.27. The molecule has 13 aromatic heterocycles. The van der Waals surface area contributed by atoms with Crippen LogP contribution in [0.15, 0.2) is 250 Å². The van der Waals surface area contributed by atoms with Gasteiger partial charge in [0.1, 0.15) is 11.3 Å². The summed E-state index contributed by atoms with van der Waals surface area (Å²) >= 11 is 0. The number of rotatable bonds is 8. The third kappa shape index (κ3) is 7.23. The third-order valence-corrected chi connectivity index (χ3v) is 17.0. The lowest BCUT2D eigenvalue weighted by Gasteiger charge is -2.13. The fourth-order valence-corrected chi connectivity index (χ4v) is 13.2. The van der Waals surface area contributed by atoms with E-state index in [1.54, 1.807) is 31.0 Å². The van der Waals surface area contributed by atoms with Gasteiger partial charge in [0.25, 0.3) is 0 Å². The van der Waals surface area contributed by atoms with Crippen LogP contribution in [0.2, 0.25) is 0 Å². The first-order valence-corrected chi connectivity index (χ1v) is 29.0. The molecule has 17 nitrogen and oxygen atoms in total. The third-order valence-electron chi connectivity index (χ3n) is 17.0. The molecule has 6 aromatic carbocycles. The predicted molar refractivity (Wildman–Crippen MR) is 348 cm³/mol. The van der Waals surface area contributed by atoms with E-state index in [1.807, 2.05) is 117 Å². The van der Waals surface area contributed by atoms with Gasteiger partial charge < -0.3 is 4.57 Å². The number of nitrogens with zero attached hydrogens (tertiary/aromatic N) is 17. The predicted octanol–water partition coefficient (Wildman–Crippen LogP) is 14.9. The normalized spacial score (nSPS) is 12.0. The minimum atomic E-state index is 0.321. The molecule has 0 unspecified atom stereocenters. The van der Waals surface area contributed by atoms with Crippen molar-refractivity contribution in [3.63, 3.8) is 0 Å². The second kappa shape index (κ2) is 18.9. The zero-order chi connectivity index (χ0) is 58.3. The van der Waals surface area contributed by atoms with Crippen LogP contribution in [0.25, 0.3) is 173 Å². The van der Waals surface area contributed by atoms with Crippen LogP contribution in [0.5, 0.6) is 0 Å². The van der Waals surface area contributed by atoms with E-state index in [2.05, 4.69) is 134 Å². The van der Waals surface area contributed by atoms with Crippen LogP contribution >= 0.6 is 0 Å². The average molecular weight is 1140 g/mol. The SMILES string of the molecule is c1ccc(-c2nc(-c3cccc(-c4cnc5c(c4)c4cnccc4n5-c4nc(-n5c6cnccc6c6ncccc65)nc(-n5c6cccnc6c6cccnc65)n4)c3)nc(-n3c4ccccc4c4ccc5c6ccccc6n(-c6ccccc6)c5c43)n2)cc1. The molecule has 0 aliphatic rings. The molecule has 13 heterocycles. The fraction of sp³-hybridized carbons (Fsp3) is 0. The quantitative estimate of drug-likeness (QED) is 0.141. The number of hydrogen-bond acceptors (Lipinski definition) is 12. The maximum atomic E-state index is 5.48. The molecule has 0 aliphatic heterocycles. The first-order valence-electron chi connectivity index (χ1n) is 29.0. The molecule has 0 spiro atoms. The molecular weight excluding hydrogens is 1100 g/mol. The molecule has 0 amide bonds. The molecule has 89 heavy (non-hydrogen) atoms. The zero-order valence-electron chi connectivity index (χ0n) is 46.8. The number of para-hydroxylation sites is 3. The largest absolute Gasteiger partial charge is 0.307 e. The summed E-state index contributed by atoms with van der Waals surface area (Å²) in [5.74, 6) is 2.54. The monoisotopic (exact) mass is 1140 g/mol. The smallest absolute Gasteiger partial charge is 0.242 e. The van der Waals surface area contributed by atoms with Gasteiger partial charge in [0.15, 0.2) is 11.6 Å². The Balaban J connectivity index is 0.804. The summed E-state index contributed by atoms with van der Waals surface area (Å²) in [5.41, 5.74) is 14.6. The standard InChI is InChI=1S/C72H41N17/c1-3-15-42(16-4-1)65-79-66(81-69(80-65)87-56-25-10-8-22-48(56)50-29-28-49-47-21-7-9-24-55(47)85(63(49)64(50)87)46-19-5-2-6-20-46)44-18-11-17-43(37-44)45-38-53-54-40-73-36-31-57(54)88(68(53)78-39-45)71-82-70(86-58-26-13-32-75-61(58)51-30-35-74-41-60(51)86)83-72(84-71)89-59-27-14-33-76-62(59)52-23-12-34-77-67(52)89/h1-41H. The molecule has 414 valence electrons. The molecule has 19 rings (SSSR count). The van der Waals surface area contributed by atoms with Crippen LogP contribution in [0.3, 0.4) is 0 Å². The minimum absolute atomic E-state index is 0.321. The van der Waals surface area contributed by atoms with Crippen LogP contribution in [0.1, 0.15) is 0 Å². The lowest BCUT2D eigenvalue weighted by atomic mass is 10.0. The van der Waals surface area contributed by atoms with Crippen molar-refractivity contribution in [1.82, 2.24) is 82.6 Å². The van der Waals surface area contributed by atoms with Crippen LogP contribution in [-0.2, 0) is 0 Å². The molecule has 0 saturated heterocycles. The highest BCUT2D eigenvalue weighted by molar-refractivity contribution is 6.24. The van der Waals surface area contributed by atoms with Gasteiger partial charge in [-0.25, -0.2) is 15.0 Å². The van der Waals surface area contributed by atoms with E-state index in [4.69, 9.17) is 49.8 Å². The van der Waals surface area contributed by atoms with Crippen molar-refractivity contribution in [3.8, 4) is 63.4 Å². The van der Waals surface area contributed by atoms with E-state index in [0.29, 0.717) is 46.7 Å². The first kappa shape index (κ1) is 48.6. The van der Waals surface area contributed by atoms with Gasteiger partial charge in [0.05, 0.1) is 61.4 Å². The lowest BCUT2D eigenvalue weighted by molar-refractivity contribution is 0.841. The van der Waals surface area contributed by atoms with Crippen LogP contribution in [0, 0.1) is 0 Å². The van der Waals surface area contributed by atoms with Crippen molar-refractivity contribution in [2.24, 2.45) is 0 Å². The Hall–Kier alpha value is -12.8. The Morgan fingerprint density at radius 1 is 0.247 bits per heavy atom. The molecule has 0 fully saturated rings. The highest BCUT2D eigenvalue weighted by atomic mass is 15.3. The van der Waals surface area contributed by atoms with E-state index < -0.39 is 0 Å². The molecule has 0 radical (unpaired) electrons. The summed E-state index contributed by atoms with van der Waals surface area (Å²) in [5, 5.41) is 7.92. The van der Waals surface area contributed by atoms with Gasteiger partial charge in [0.2, 0.25) is 23.8 Å². The summed E-state index contributed by atoms with van der Waals surface area (Å²) < 4.78 is 10.5. The topological polar surface area (TPSA) is 179 Å². The van der Waals surface area contributed by atoms with Crippen molar-refractivity contribution >= 4 is 110 Å². The first-order chi connectivity index (χ1) is 44.2. The molecule has 0 N–H and O–H groups in total. The number of benzene rings is 6. The maximum Gasteiger partial charge on any atom is 0.242 e. The van der Waals surface area contributed by atoms with Gasteiger partial charge in [-0.15, -0.1) is 0 Å². The Labute approximate surface area is 502 Å². The molecule has 0 aliphatic carbocycles. The number of fused-ring (bicyclic) bond motifs is 16. The minimum Gasteiger partial charge on any atom is -0.307 e. The van der Waals surface area contributed by atoms with Crippen molar-refractivity contribution in [3.05, 3.63) is 250 Å². The van der Waals surface area contributed by atoms with E-state index in [9.17, 15) is 0 Å². The average Bonchev–Trinajstić information content (AvgIpc) is 1.62. The Morgan fingerprint density at radius 3 is 1.56 bits per heavy atom. The second-order valence-corrected chi connectivity index (χ2v) is 21.9. The summed E-state index contributed by atoms with van der Waals surface area (Å²) in [6.45, 7) is 0. The van der Waals surface area contributed by atoms with E-state index in [1.165, 1.54) is 0 Å². The van der Waals surface area contributed by atoms with Crippen molar-refractivity contribution in [2.75, 3.05) is 0 Å². The maximum absolute atomic E-state index is 5.48. The van der Waals surface area contributed by atoms with Crippen LogP contribution < -0.4 is 0 Å². The number of aromatic nitrogens is 17. The molecular formula is C72H41N17. The van der Waals surface area contributed by atoms with Crippen molar-refractivity contribution < 1.29 is 0 Å². The van der Waals surface area contributed by atoms with Gasteiger partial charge in [-0.3, -0.25) is 38.2 Å². The van der Waals surface area contributed by atoms with Gasteiger partial charge in [-0.05, 0) is 90.5 Å². The van der Waals surface area contributed by atoms with Gasteiger partial charge in [0, 0.05) is 109 Å². The summed E-state index contributed by atoms with van der Waals surface area (Å²) in [7, 11) is 0. The molecule has 0 bridgehead atoms. The Morgan fingerprint density at radius 2 is 0.787 bits per heavy atom. The fourth-order valence-electron chi connectivity index (χ4n) is 13.2. The lowest BCUT2D eigenvalue weighted by Crippen LogP contribution is -2.13. The van der Waals surface area contributed by atoms with E-state index in [0.717, 1.165) is 126 Å². The van der Waals surface area contributed by atoms with E-state index >= 15 is 0 Å². The van der Waals surface area contributed by atoms with Crippen molar-refractivity contribution in [2.45, 2.75) is 0 Å². The molecule has 17 heteroatoms. The van der Waals surface area contributed by atoms with Gasteiger partial charge >= 0.3 is 0 Å². The van der Waals surface area contributed by atoms with Gasteiger partial charge in [-0.2, -0.15) is 24.9 Å². The van der Waals surface area contributed by atoms with Crippen molar-refractivity contribution in [1.29, 1.82) is 0 Å². The Bertz CT molecular complexity index is 5900. The highest BCUT2D eigenvalue weighted by Crippen LogP contribution is 2.43. The van der Waals surface area contributed by atoms with E-state index in [-0.39, 0.29) is 0 Å². The summed E-state index contributed by atoms with van der Waals surface area (Å²) in [6.07, 6.45) is 14.5. The number of hydrogen-bond donors (Lipinski definition) is 0. The van der Waals surface area contributed by atoms with Gasteiger partial charge in [-0.1, -0.05) is 115 Å². The molecule has 0 saturated carbocycles. The Kier molecular flexibility index (Phi) is 10.3. The van der Waals surface area contributed by atoms with Crippen LogP contribution in [0.4, 0.5) is 0 Å². The summed E-state index contributed by atoms with van der Waals surface area (Å²) in [4.78, 5) is 61.2.